The molecule has 2 aromatic carbocycles. The van der Waals surface area contributed by atoms with Crippen molar-refractivity contribution in [1.82, 2.24) is 40.5 Å². The van der Waals surface area contributed by atoms with Crippen LogP contribution in [0.25, 0.3) is 22.8 Å². The van der Waals surface area contributed by atoms with Gasteiger partial charge in [0.15, 0.2) is 0 Å². The van der Waals surface area contributed by atoms with Crippen molar-refractivity contribution in [3.05, 3.63) is 119 Å². The smallest absolute Gasteiger partial charge is 0.335 e. The van der Waals surface area contributed by atoms with Gasteiger partial charge in [-0.15, -0.1) is 0 Å². The van der Waals surface area contributed by atoms with Crippen LogP contribution in [0.2, 0.25) is 0 Å². The highest BCUT2D eigenvalue weighted by atomic mass is 16.5. The first kappa shape index (κ1) is 43.1. The molecule has 17 nitrogen and oxygen atoms in total. The summed E-state index contributed by atoms with van der Waals surface area (Å²) >= 11 is 0. The summed E-state index contributed by atoms with van der Waals surface area (Å²) < 4.78 is 9.86. The van der Waals surface area contributed by atoms with Gasteiger partial charge in [0, 0.05) is 93.3 Å². The molecule has 1 amide bonds. The molecule has 0 saturated carbocycles. The molecule has 0 aliphatic carbocycles. The summed E-state index contributed by atoms with van der Waals surface area (Å²) in [5.41, 5.74) is 3.32. The van der Waals surface area contributed by atoms with Gasteiger partial charge in [0.1, 0.15) is 23.8 Å². The summed E-state index contributed by atoms with van der Waals surface area (Å²) in [6.07, 6.45) is 3.22. The Labute approximate surface area is 353 Å². The number of carbonyl (C=O) groups excluding carboxylic acids is 1. The molecule has 2 saturated heterocycles. The highest BCUT2D eigenvalue weighted by molar-refractivity contribution is 5.95. The zero-order chi connectivity index (χ0) is 43.6. The highest BCUT2D eigenvalue weighted by Gasteiger charge is 2.33. The van der Waals surface area contributed by atoms with Crippen LogP contribution in [-0.4, -0.2) is 102 Å². The van der Waals surface area contributed by atoms with Gasteiger partial charge in [-0.3, -0.25) is 4.79 Å². The van der Waals surface area contributed by atoms with Gasteiger partial charge >= 0.3 is 5.97 Å². The van der Waals surface area contributed by atoms with E-state index in [-0.39, 0.29) is 23.6 Å². The fraction of sp³-hybridized carbons (Fsp3) is 0.318. The number of pyridine rings is 2. The van der Waals surface area contributed by atoms with Crippen molar-refractivity contribution in [1.29, 1.82) is 10.5 Å². The lowest BCUT2D eigenvalue weighted by molar-refractivity contribution is 0.0690. The molecule has 2 N–H and O–H groups in total. The van der Waals surface area contributed by atoms with Crippen molar-refractivity contribution >= 4 is 23.5 Å². The van der Waals surface area contributed by atoms with Gasteiger partial charge in [0.2, 0.25) is 23.4 Å². The van der Waals surface area contributed by atoms with Crippen LogP contribution in [-0.2, 0) is 0 Å². The normalized spacial score (nSPS) is 18.4. The number of anilines is 2. The minimum Gasteiger partial charge on any atom is -0.478 e. The lowest BCUT2D eigenvalue weighted by Crippen LogP contribution is -2.58. The van der Waals surface area contributed by atoms with Gasteiger partial charge in [0.25, 0.3) is 5.91 Å². The van der Waals surface area contributed by atoms with Crippen molar-refractivity contribution < 1.29 is 23.7 Å². The molecule has 0 bridgehead atoms. The van der Waals surface area contributed by atoms with Crippen molar-refractivity contribution in [2.24, 2.45) is 0 Å². The maximum atomic E-state index is 13.2. The number of nitrogens with one attached hydrogen (secondary N) is 1. The number of hydrogen-bond donors (Lipinski definition) is 2. The molecule has 4 atom stereocenters. The van der Waals surface area contributed by atoms with Crippen LogP contribution in [0.1, 0.15) is 71.3 Å². The summed E-state index contributed by atoms with van der Waals surface area (Å²) in [5.74, 6) is 2.58. The summed E-state index contributed by atoms with van der Waals surface area (Å²) in [7, 11) is 0. The van der Waals surface area contributed by atoms with Crippen LogP contribution >= 0.6 is 0 Å². The molecule has 2 fully saturated rings. The minimum atomic E-state index is -0.975. The fourth-order valence-corrected chi connectivity index (χ4v) is 7.33. The van der Waals surface area contributed by atoms with Gasteiger partial charge < -0.3 is 34.2 Å². The van der Waals surface area contributed by atoms with Gasteiger partial charge in [-0.25, -0.2) is 14.8 Å². The Morgan fingerprint density at radius 1 is 0.689 bits per heavy atom. The topological polar surface area (TPSA) is 227 Å². The molecule has 17 heteroatoms. The van der Waals surface area contributed by atoms with E-state index in [0.717, 1.165) is 30.3 Å². The number of rotatable bonds is 6. The number of nitriles is 2. The van der Waals surface area contributed by atoms with E-state index in [0.29, 0.717) is 70.9 Å². The number of hydrogen-bond acceptors (Lipinski definition) is 15. The molecule has 2 aliphatic heterocycles. The quantitative estimate of drug-likeness (QED) is 0.198. The number of nitrogens with zero attached hydrogens (tertiary/aromatic N) is 11. The molecule has 312 valence electrons. The Morgan fingerprint density at radius 3 is 1.56 bits per heavy atom. The fourth-order valence-electron chi connectivity index (χ4n) is 7.33. The number of aromatic carboxylic acids is 1. The third-order valence-electron chi connectivity index (χ3n) is 10.1. The van der Waals surface area contributed by atoms with Crippen LogP contribution in [0.5, 0.6) is 0 Å². The summed E-state index contributed by atoms with van der Waals surface area (Å²) in [6.45, 7) is 15.0. The number of carboxylic acid groups (broad SMARTS) is 1. The number of aromatic nitrogens is 6. The van der Waals surface area contributed by atoms with E-state index in [1.807, 2.05) is 41.3 Å². The Morgan fingerprint density at radius 2 is 1.15 bits per heavy atom. The molecule has 0 radical (unpaired) electrons. The third-order valence-corrected chi connectivity index (χ3v) is 10.1. The largest absolute Gasteiger partial charge is 0.478 e. The van der Waals surface area contributed by atoms with Crippen molar-refractivity contribution in [3.63, 3.8) is 0 Å². The van der Waals surface area contributed by atoms with Crippen molar-refractivity contribution in [2.75, 3.05) is 36.0 Å². The summed E-state index contributed by atoms with van der Waals surface area (Å²) in [4.78, 5) is 47.3. The van der Waals surface area contributed by atoms with Crippen LogP contribution in [0.15, 0.2) is 94.2 Å². The summed E-state index contributed by atoms with van der Waals surface area (Å²) in [5, 5.41) is 37.5. The number of aryl methyl sites for hydroxylation is 2. The van der Waals surface area contributed by atoms with Gasteiger partial charge in [-0.1, -0.05) is 34.6 Å². The van der Waals surface area contributed by atoms with E-state index in [1.54, 1.807) is 50.5 Å². The van der Waals surface area contributed by atoms with E-state index < -0.39 is 5.97 Å². The zero-order valence-electron chi connectivity index (χ0n) is 34.7. The average molecular weight is 823 g/mol. The Kier molecular flexibility index (Phi) is 13.8. The number of piperazine rings is 2. The second-order valence-electron chi connectivity index (χ2n) is 14.9. The lowest BCUT2D eigenvalue weighted by atomic mass is 10.0. The first-order chi connectivity index (χ1) is 29.3. The minimum absolute atomic E-state index is 0.0248. The van der Waals surface area contributed by atoms with E-state index in [2.05, 4.69) is 85.2 Å². The Balaban J connectivity index is 0.000000169. The first-order valence-corrected chi connectivity index (χ1v) is 19.7. The summed E-state index contributed by atoms with van der Waals surface area (Å²) in [6, 6.07) is 26.3. The first-order valence-electron chi connectivity index (χ1n) is 19.7. The molecular weight excluding hydrogens is 777 g/mol. The predicted octanol–water partition coefficient (Wildman–Crippen LogP) is 5.93. The Bertz CT molecular complexity index is 2500. The van der Waals surface area contributed by atoms with Gasteiger partial charge in [-0.2, -0.15) is 20.5 Å². The van der Waals surface area contributed by atoms with Crippen LogP contribution in [0.3, 0.4) is 0 Å². The second-order valence-corrected chi connectivity index (χ2v) is 14.9. The standard InChI is InChI=1S/C22H22N6O2.C12H16N4.C10H8N2O3/c1-14-12-27(13-15(2)28(14)20-8-7-17(10-23)11-24-20)22(29)19-6-4-5-18(9-19)21-25-16(3)30-26-21;1-9-6-14-7-10(2)16(9)12-4-3-11(5-13)8-15-12;1-6-11-9(12-15-6)7-3-2-4-8(5-7)10(13)14/h4-9,11,14-15H,12-13H2,1-3H3;3-4,8-10,14H,6-7H2,1-2H3;2-5H,1H3,(H,13,14). The molecule has 2 aliphatic rings. The molecule has 4 unspecified atom stereocenters. The van der Waals surface area contributed by atoms with Crippen LogP contribution in [0, 0.1) is 36.5 Å². The number of carbonyl (C=O) groups is 2. The molecular formula is C44H46N12O5. The Hall–Kier alpha value is -7.50. The van der Waals surface area contributed by atoms with Crippen molar-refractivity contribution in [2.45, 2.75) is 65.7 Å². The number of amides is 1. The predicted molar refractivity (Wildman–Crippen MR) is 225 cm³/mol. The van der Waals surface area contributed by atoms with Gasteiger partial charge in [0.05, 0.1) is 16.7 Å². The molecule has 61 heavy (non-hydrogen) atoms. The third kappa shape index (κ3) is 10.6. The van der Waals surface area contributed by atoms with Crippen LogP contribution < -0.4 is 15.1 Å². The molecule has 0 spiro atoms. The average Bonchev–Trinajstić information content (AvgIpc) is 3.92. The van der Waals surface area contributed by atoms with Crippen LogP contribution in [0.4, 0.5) is 11.6 Å². The molecule has 6 aromatic rings. The molecule has 4 aromatic heterocycles. The number of carboxylic acids is 1. The molecule has 8 rings (SSSR count). The lowest BCUT2D eigenvalue weighted by Gasteiger charge is -2.45. The maximum Gasteiger partial charge on any atom is 0.335 e. The van der Waals surface area contributed by atoms with E-state index in [4.69, 9.17) is 24.7 Å². The van der Waals surface area contributed by atoms with Gasteiger partial charge in [-0.05, 0) is 76.2 Å². The number of benzene rings is 2. The van der Waals surface area contributed by atoms with E-state index in [9.17, 15) is 9.59 Å². The SMILES string of the molecule is CC1CNCC(C)N1c1ccc(C#N)cn1.Cc1nc(-c2cccc(C(=O)N3CC(C)N(c4ccc(C#N)cn4)C(C)C3)c2)no1.Cc1nc(-c2cccc(C(=O)O)c2)no1. The van der Waals surface area contributed by atoms with E-state index in [1.165, 1.54) is 12.1 Å². The highest BCUT2D eigenvalue weighted by Crippen LogP contribution is 2.26. The van der Waals surface area contributed by atoms with Crippen molar-refractivity contribution in [3.8, 4) is 34.9 Å². The monoisotopic (exact) mass is 822 g/mol. The maximum absolute atomic E-state index is 13.2. The zero-order valence-corrected chi connectivity index (χ0v) is 34.7. The second kappa shape index (κ2) is 19.5. The molecule has 6 heterocycles. The van der Waals surface area contributed by atoms with E-state index >= 15 is 0 Å².